The molecular weight excluding hydrogens is 240 g/mol. The Kier molecular flexibility index (Phi) is 7.15. The lowest BCUT2D eigenvalue weighted by Crippen LogP contribution is -2.35. The van der Waals surface area contributed by atoms with Gasteiger partial charge in [0.1, 0.15) is 0 Å². The third kappa shape index (κ3) is 5.85. The molecule has 4 nitrogen and oxygen atoms in total. The maximum Gasteiger partial charge on any atom is 0.251 e. The van der Waals surface area contributed by atoms with Gasteiger partial charge in [-0.2, -0.15) is 0 Å². The molecule has 0 bridgehead atoms. The molecule has 1 amide bonds. The normalized spacial score (nSPS) is 12.2. The van der Waals surface area contributed by atoms with Crippen LogP contribution in [0.1, 0.15) is 29.3 Å². The van der Waals surface area contributed by atoms with Gasteiger partial charge in [0.25, 0.3) is 5.91 Å². The predicted octanol–water partition coefficient (Wildman–Crippen LogP) is 1.74. The van der Waals surface area contributed by atoms with Crippen LogP contribution in [0.2, 0.25) is 0 Å². The molecule has 2 N–H and O–H groups in total. The number of aryl methyl sites for hydroxylation is 1. The second kappa shape index (κ2) is 8.67. The summed E-state index contributed by atoms with van der Waals surface area (Å²) < 4.78 is 5.59. The van der Waals surface area contributed by atoms with Gasteiger partial charge in [-0.25, -0.2) is 0 Å². The highest BCUT2D eigenvalue weighted by molar-refractivity contribution is 5.94. The number of carbonyl (C=O) groups is 1. The van der Waals surface area contributed by atoms with Gasteiger partial charge in [0.05, 0.1) is 6.10 Å². The molecule has 1 unspecified atom stereocenters. The maximum absolute atomic E-state index is 12.0. The van der Waals surface area contributed by atoms with Crippen LogP contribution in [0.15, 0.2) is 24.3 Å². The number of amides is 1. The average Bonchev–Trinajstić information content (AvgIpc) is 2.42. The predicted molar refractivity (Wildman–Crippen MR) is 77.5 cm³/mol. The van der Waals surface area contributed by atoms with Crippen molar-refractivity contribution < 1.29 is 9.53 Å². The lowest BCUT2D eigenvalue weighted by molar-refractivity contribution is 0.0543. The highest BCUT2D eigenvalue weighted by Crippen LogP contribution is 2.03. The van der Waals surface area contributed by atoms with E-state index in [1.54, 1.807) is 0 Å². The largest absolute Gasteiger partial charge is 0.377 e. The fourth-order valence-electron chi connectivity index (χ4n) is 1.80. The quantitative estimate of drug-likeness (QED) is 0.752. The first-order valence-corrected chi connectivity index (χ1v) is 6.78. The van der Waals surface area contributed by atoms with Gasteiger partial charge >= 0.3 is 0 Å². The van der Waals surface area contributed by atoms with Crippen molar-refractivity contribution in [2.24, 2.45) is 0 Å². The Morgan fingerprint density at radius 3 is 2.58 bits per heavy atom. The summed E-state index contributed by atoms with van der Waals surface area (Å²) in [5.74, 6) is -0.0471. The molecule has 0 saturated heterocycles. The molecule has 106 valence electrons. The van der Waals surface area contributed by atoms with E-state index in [0.29, 0.717) is 18.7 Å². The summed E-state index contributed by atoms with van der Waals surface area (Å²) in [6.07, 6.45) is 0.949. The first kappa shape index (κ1) is 15.7. The number of rotatable bonds is 8. The Morgan fingerprint density at radius 1 is 1.32 bits per heavy atom. The van der Waals surface area contributed by atoms with Gasteiger partial charge < -0.3 is 15.4 Å². The maximum atomic E-state index is 12.0. The molecule has 0 radical (unpaired) electrons. The molecular formula is C15H24N2O2. The summed E-state index contributed by atoms with van der Waals surface area (Å²) >= 11 is 0. The van der Waals surface area contributed by atoms with Crippen molar-refractivity contribution in [3.8, 4) is 0 Å². The minimum Gasteiger partial charge on any atom is -0.377 e. The van der Waals surface area contributed by atoms with Crippen LogP contribution in [-0.2, 0) is 4.74 Å². The SMILES string of the molecule is CCOC(CCNC)CNC(=O)c1ccc(C)cc1. The second-order valence-corrected chi connectivity index (χ2v) is 4.55. The molecule has 1 atom stereocenters. The van der Waals surface area contributed by atoms with E-state index >= 15 is 0 Å². The van der Waals surface area contributed by atoms with E-state index in [0.717, 1.165) is 18.5 Å². The number of benzene rings is 1. The van der Waals surface area contributed by atoms with Crippen LogP contribution in [0.5, 0.6) is 0 Å². The van der Waals surface area contributed by atoms with E-state index in [1.165, 1.54) is 0 Å². The van der Waals surface area contributed by atoms with Crippen molar-refractivity contribution in [1.82, 2.24) is 10.6 Å². The Morgan fingerprint density at radius 2 is 2.00 bits per heavy atom. The number of carbonyl (C=O) groups excluding carboxylic acids is 1. The fourth-order valence-corrected chi connectivity index (χ4v) is 1.80. The summed E-state index contributed by atoms with van der Waals surface area (Å²) in [5, 5.41) is 6.01. The molecule has 0 aliphatic carbocycles. The molecule has 0 spiro atoms. The fraction of sp³-hybridized carbons (Fsp3) is 0.533. The summed E-state index contributed by atoms with van der Waals surface area (Å²) in [6.45, 7) is 6.06. The van der Waals surface area contributed by atoms with Gasteiger partial charge in [0.2, 0.25) is 0 Å². The van der Waals surface area contributed by atoms with E-state index in [2.05, 4.69) is 10.6 Å². The van der Waals surface area contributed by atoms with Crippen LogP contribution < -0.4 is 10.6 Å². The molecule has 0 aliphatic heterocycles. The Balaban J connectivity index is 2.44. The lowest BCUT2D eigenvalue weighted by Gasteiger charge is -2.17. The highest BCUT2D eigenvalue weighted by atomic mass is 16.5. The minimum atomic E-state index is -0.0471. The first-order valence-electron chi connectivity index (χ1n) is 6.78. The number of hydrogen-bond donors (Lipinski definition) is 2. The smallest absolute Gasteiger partial charge is 0.251 e. The van der Waals surface area contributed by atoms with E-state index in [1.807, 2.05) is 45.2 Å². The monoisotopic (exact) mass is 264 g/mol. The van der Waals surface area contributed by atoms with Crippen molar-refractivity contribution in [2.45, 2.75) is 26.4 Å². The van der Waals surface area contributed by atoms with Crippen LogP contribution in [0.3, 0.4) is 0 Å². The van der Waals surface area contributed by atoms with E-state index in [4.69, 9.17) is 4.74 Å². The lowest BCUT2D eigenvalue weighted by atomic mass is 10.1. The van der Waals surface area contributed by atoms with Crippen molar-refractivity contribution in [2.75, 3.05) is 26.7 Å². The van der Waals surface area contributed by atoms with E-state index in [-0.39, 0.29) is 12.0 Å². The van der Waals surface area contributed by atoms with Gasteiger partial charge in [0.15, 0.2) is 0 Å². The Labute approximate surface area is 115 Å². The third-order valence-corrected chi connectivity index (χ3v) is 2.92. The molecule has 1 aromatic carbocycles. The van der Waals surface area contributed by atoms with Gasteiger partial charge in [-0.1, -0.05) is 17.7 Å². The zero-order chi connectivity index (χ0) is 14.1. The van der Waals surface area contributed by atoms with Crippen molar-refractivity contribution in [1.29, 1.82) is 0 Å². The molecule has 1 aromatic rings. The van der Waals surface area contributed by atoms with Crippen molar-refractivity contribution in [3.63, 3.8) is 0 Å². The van der Waals surface area contributed by atoms with Gasteiger partial charge in [0, 0.05) is 18.7 Å². The van der Waals surface area contributed by atoms with Crippen molar-refractivity contribution in [3.05, 3.63) is 35.4 Å². The number of ether oxygens (including phenoxy) is 1. The molecule has 0 fully saturated rings. The Hall–Kier alpha value is -1.39. The third-order valence-electron chi connectivity index (χ3n) is 2.92. The summed E-state index contributed by atoms with van der Waals surface area (Å²) in [6, 6.07) is 7.56. The number of hydrogen-bond acceptors (Lipinski definition) is 3. The highest BCUT2D eigenvalue weighted by Gasteiger charge is 2.11. The average molecular weight is 264 g/mol. The zero-order valence-corrected chi connectivity index (χ0v) is 12.0. The standard InChI is InChI=1S/C15H24N2O2/c1-4-19-14(9-10-16-3)11-17-15(18)13-7-5-12(2)6-8-13/h5-8,14,16H,4,9-11H2,1-3H3,(H,17,18). The van der Waals surface area contributed by atoms with Gasteiger partial charge in [-0.05, 0) is 46.0 Å². The van der Waals surface area contributed by atoms with Gasteiger partial charge in [-0.3, -0.25) is 4.79 Å². The molecule has 4 heteroatoms. The Bertz CT molecular complexity index is 376. The molecule has 19 heavy (non-hydrogen) atoms. The van der Waals surface area contributed by atoms with Crippen LogP contribution in [0.4, 0.5) is 0 Å². The zero-order valence-electron chi connectivity index (χ0n) is 12.0. The van der Waals surface area contributed by atoms with Crippen LogP contribution >= 0.6 is 0 Å². The number of nitrogens with one attached hydrogen (secondary N) is 2. The van der Waals surface area contributed by atoms with E-state index in [9.17, 15) is 4.79 Å². The van der Waals surface area contributed by atoms with Crippen LogP contribution in [0, 0.1) is 6.92 Å². The first-order chi connectivity index (χ1) is 9.17. The minimum absolute atomic E-state index is 0.0471. The topological polar surface area (TPSA) is 50.4 Å². The molecule has 0 aliphatic rings. The van der Waals surface area contributed by atoms with Crippen molar-refractivity contribution >= 4 is 5.91 Å². The molecule has 0 aromatic heterocycles. The summed E-state index contributed by atoms with van der Waals surface area (Å²) in [5.41, 5.74) is 1.84. The molecule has 0 saturated carbocycles. The molecule has 1 rings (SSSR count). The van der Waals surface area contributed by atoms with Crippen LogP contribution in [-0.4, -0.2) is 38.8 Å². The van der Waals surface area contributed by atoms with Crippen LogP contribution in [0.25, 0.3) is 0 Å². The summed E-state index contributed by atoms with van der Waals surface area (Å²) in [4.78, 5) is 12.0. The van der Waals surface area contributed by atoms with E-state index < -0.39 is 0 Å². The van der Waals surface area contributed by atoms with Gasteiger partial charge in [-0.15, -0.1) is 0 Å². The molecule has 0 heterocycles. The summed E-state index contributed by atoms with van der Waals surface area (Å²) in [7, 11) is 1.91. The second-order valence-electron chi connectivity index (χ2n) is 4.55.